The van der Waals surface area contributed by atoms with E-state index in [2.05, 4.69) is 9.97 Å². The van der Waals surface area contributed by atoms with Crippen molar-refractivity contribution in [3.8, 4) is 0 Å². The predicted molar refractivity (Wildman–Crippen MR) is 69.0 cm³/mol. The first-order valence-electron chi connectivity index (χ1n) is 5.65. The Balaban J connectivity index is 1.87. The highest BCUT2D eigenvalue weighted by Crippen LogP contribution is 2.28. The highest BCUT2D eigenvalue weighted by molar-refractivity contribution is 7.12. The van der Waals surface area contributed by atoms with Gasteiger partial charge in [0, 0.05) is 22.4 Å². The van der Waals surface area contributed by atoms with Gasteiger partial charge < -0.3 is 0 Å². The van der Waals surface area contributed by atoms with Crippen LogP contribution in [0, 0.1) is 6.92 Å². The van der Waals surface area contributed by atoms with Gasteiger partial charge in [-0.25, -0.2) is 9.97 Å². The molecule has 3 rings (SSSR count). The number of rotatable bonds is 2. The number of aromatic nitrogens is 2. The van der Waals surface area contributed by atoms with Gasteiger partial charge in [-0.1, -0.05) is 0 Å². The molecule has 2 aromatic heterocycles. The fourth-order valence-corrected chi connectivity index (χ4v) is 4.00. The van der Waals surface area contributed by atoms with Crippen molar-refractivity contribution in [3.63, 3.8) is 0 Å². The van der Waals surface area contributed by atoms with Crippen LogP contribution in [0.2, 0.25) is 0 Å². The first-order valence-corrected chi connectivity index (χ1v) is 7.35. The number of nitrogens with zero attached hydrogens (tertiary/aromatic N) is 2. The van der Waals surface area contributed by atoms with Gasteiger partial charge in [0.1, 0.15) is 10.7 Å². The number of fused-ring (bicyclic) bond motifs is 1. The van der Waals surface area contributed by atoms with E-state index in [1.807, 2.05) is 12.3 Å². The van der Waals surface area contributed by atoms with E-state index in [-0.39, 0.29) is 5.78 Å². The number of aryl methyl sites for hydroxylation is 2. The number of ketones is 1. The second kappa shape index (κ2) is 4.31. The van der Waals surface area contributed by atoms with E-state index in [9.17, 15) is 4.79 Å². The molecule has 0 amide bonds. The number of hydrogen-bond acceptors (Lipinski definition) is 5. The van der Waals surface area contributed by atoms with Gasteiger partial charge in [-0.15, -0.1) is 22.7 Å². The lowest BCUT2D eigenvalue weighted by molar-refractivity contribution is 0.0968. The number of carbonyl (C=O) groups excluding carboxylic acids is 1. The van der Waals surface area contributed by atoms with Crippen molar-refractivity contribution in [1.29, 1.82) is 0 Å². The third-order valence-corrected chi connectivity index (χ3v) is 4.86. The van der Waals surface area contributed by atoms with E-state index in [0.29, 0.717) is 6.42 Å². The average Bonchev–Trinajstić information content (AvgIpc) is 2.86. The standard InChI is InChI=1S/C12H12N2OS2/c1-7-6-16-10(13-7)5-11-14-12-8(15)3-2-4-9(12)17-11/h6H,2-5H2,1H3. The van der Waals surface area contributed by atoms with E-state index in [1.54, 1.807) is 22.7 Å². The zero-order valence-corrected chi connectivity index (χ0v) is 11.2. The minimum atomic E-state index is 0.212. The summed E-state index contributed by atoms with van der Waals surface area (Å²) in [5.41, 5.74) is 1.78. The molecule has 0 N–H and O–H groups in total. The molecule has 0 aromatic carbocycles. The maximum atomic E-state index is 11.7. The third kappa shape index (κ3) is 2.17. The lowest BCUT2D eigenvalue weighted by Gasteiger charge is -2.06. The fraction of sp³-hybridized carbons (Fsp3) is 0.417. The highest BCUT2D eigenvalue weighted by atomic mass is 32.1. The summed E-state index contributed by atoms with van der Waals surface area (Å²) in [6.45, 7) is 2.00. The molecule has 88 valence electrons. The zero-order valence-electron chi connectivity index (χ0n) is 9.52. The van der Waals surface area contributed by atoms with Crippen LogP contribution in [0.25, 0.3) is 0 Å². The molecule has 3 nitrogen and oxygen atoms in total. The Morgan fingerprint density at radius 1 is 1.29 bits per heavy atom. The quantitative estimate of drug-likeness (QED) is 0.837. The largest absolute Gasteiger partial charge is 0.292 e. The Labute approximate surface area is 108 Å². The summed E-state index contributed by atoms with van der Waals surface area (Å²) in [5.74, 6) is 0.212. The summed E-state index contributed by atoms with van der Waals surface area (Å²) in [7, 11) is 0. The molecule has 0 saturated carbocycles. The second-order valence-corrected chi connectivity index (χ2v) is 6.33. The molecule has 17 heavy (non-hydrogen) atoms. The summed E-state index contributed by atoms with van der Waals surface area (Å²) in [6, 6.07) is 0. The maximum absolute atomic E-state index is 11.7. The van der Waals surface area contributed by atoms with Crippen molar-refractivity contribution in [3.05, 3.63) is 31.7 Å². The molecule has 2 heterocycles. The van der Waals surface area contributed by atoms with Crippen LogP contribution < -0.4 is 0 Å². The summed E-state index contributed by atoms with van der Waals surface area (Å²) in [5, 5.41) is 4.16. The molecule has 0 spiro atoms. The molecular weight excluding hydrogens is 252 g/mol. The molecule has 0 aliphatic heterocycles. The van der Waals surface area contributed by atoms with Crippen LogP contribution in [0.15, 0.2) is 5.38 Å². The molecule has 1 aliphatic carbocycles. The van der Waals surface area contributed by atoms with E-state index < -0.39 is 0 Å². The minimum Gasteiger partial charge on any atom is -0.292 e. The molecule has 0 saturated heterocycles. The van der Waals surface area contributed by atoms with Gasteiger partial charge in [0.05, 0.1) is 11.4 Å². The van der Waals surface area contributed by atoms with Gasteiger partial charge in [-0.3, -0.25) is 4.79 Å². The number of carbonyl (C=O) groups is 1. The second-order valence-electron chi connectivity index (χ2n) is 4.22. The number of hydrogen-bond donors (Lipinski definition) is 0. The molecule has 0 unspecified atom stereocenters. The number of Topliss-reactive ketones (excluding diaryl/α,β-unsaturated/α-hetero) is 1. The molecule has 0 atom stereocenters. The van der Waals surface area contributed by atoms with Crippen molar-refractivity contribution in [2.45, 2.75) is 32.6 Å². The molecule has 2 aromatic rings. The van der Waals surface area contributed by atoms with Crippen LogP contribution in [0.3, 0.4) is 0 Å². The molecule has 0 fully saturated rings. The van der Waals surface area contributed by atoms with Crippen LogP contribution in [0.4, 0.5) is 0 Å². The Bertz CT molecular complexity index is 571. The molecule has 0 bridgehead atoms. The molecule has 1 aliphatic rings. The van der Waals surface area contributed by atoms with Crippen molar-refractivity contribution >= 4 is 28.5 Å². The van der Waals surface area contributed by atoms with Crippen molar-refractivity contribution in [1.82, 2.24) is 9.97 Å². The van der Waals surface area contributed by atoms with Gasteiger partial charge in [-0.05, 0) is 19.8 Å². The van der Waals surface area contributed by atoms with Crippen LogP contribution in [0.5, 0.6) is 0 Å². The van der Waals surface area contributed by atoms with Crippen LogP contribution in [-0.4, -0.2) is 15.8 Å². The number of thiazole rings is 2. The first-order chi connectivity index (χ1) is 8.22. The topological polar surface area (TPSA) is 42.9 Å². The van der Waals surface area contributed by atoms with Crippen LogP contribution in [-0.2, 0) is 12.8 Å². The predicted octanol–water partition coefficient (Wildman–Crippen LogP) is 3.02. The molecule has 5 heteroatoms. The van der Waals surface area contributed by atoms with Crippen molar-refractivity contribution in [2.75, 3.05) is 0 Å². The van der Waals surface area contributed by atoms with Crippen molar-refractivity contribution < 1.29 is 4.79 Å². The lowest BCUT2D eigenvalue weighted by atomic mass is 10.0. The van der Waals surface area contributed by atoms with Crippen molar-refractivity contribution in [2.24, 2.45) is 0 Å². The fourth-order valence-electron chi connectivity index (χ4n) is 2.00. The Kier molecular flexibility index (Phi) is 2.80. The SMILES string of the molecule is Cc1csc(Cc2nc3c(s2)CCCC3=O)n1. The van der Waals surface area contributed by atoms with Gasteiger partial charge in [0.25, 0.3) is 0 Å². The first kappa shape index (κ1) is 11.0. The average molecular weight is 264 g/mol. The molecule has 0 radical (unpaired) electrons. The van der Waals surface area contributed by atoms with E-state index in [0.717, 1.165) is 40.7 Å². The third-order valence-electron chi connectivity index (χ3n) is 2.78. The normalized spacial score (nSPS) is 15.0. The van der Waals surface area contributed by atoms with Gasteiger partial charge in [-0.2, -0.15) is 0 Å². The highest BCUT2D eigenvalue weighted by Gasteiger charge is 2.22. The van der Waals surface area contributed by atoms with E-state index in [4.69, 9.17) is 0 Å². The summed E-state index contributed by atoms with van der Waals surface area (Å²) >= 11 is 3.34. The summed E-state index contributed by atoms with van der Waals surface area (Å²) in [4.78, 5) is 21.8. The zero-order chi connectivity index (χ0) is 11.8. The smallest absolute Gasteiger partial charge is 0.182 e. The van der Waals surface area contributed by atoms with Crippen LogP contribution in [0.1, 0.15) is 43.9 Å². The van der Waals surface area contributed by atoms with E-state index >= 15 is 0 Å². The van der Waals surface area contributed by atoms with E-state index in [1.165, 1.54) is 4.88 Å². The van der Waals surface area contributed by atoms with Gasteiger partial charge in [0.15, 0.2) is 5.78 Å². The van der Waals surface area contributed by atoms with Gasteiger partial charge in [0.2, 0.25) is 0 Å². The summed E-state index contributed by atoms with van der Waals surface area (Å²) < 4.78 is 0. The van der Waals surface area contributed by atoms with Crippen LogP contribution >= 0.6 is 22.7 Å². The molecular formula is C12H12N2OS2. The maximum Gasteiger partial charge on any atom is 0.182 e. The Hall–Kier alpha value is -1.07. The monoisotopic (exact) mass is 264 g/mol. The lowest BCUT2D eigenvalue weighted by Crippen LogP contribution is -2.08. The summed E-state index contributed by atoms with van der Waals surface area (Å²) in [6.07, 6.45) is 3.41. The Morgan fingerprint density at radius 2 is 2.18 bits per heavy atom. The minimum absolute atomic E-state index is 0.212. The van der Waals surface area contributed by atoms with Gasteiger partial charge >= 0.3 is 0 Å². The Morgan fingerprint density at radius 3 is 2.88 bits per heavy atom.